The fourth-order valence-corrected chi connectivity index (χ4v) is 2.21. The topological polar surface area (TPSA) is 66.0 Å². The number of hydrogen-bond donors (Lipinski definition) is 2. The minimum absolute atomic E-state index is 0.0156. The fourth-order valence-electron chi connectivity index (χ4n) is 2.21. The van der Waals surface area contributed by atoms with E-state index < -0.39 is 0 Å². The molecule has 2 N–H and O–H groups in total. The molecule has 1 aromatic heterocycles. The third-order valence-corrected chi connectivity index (χ3v) is 3.18. The zero-order valence-corrected chi connectivity index (χ0v) is 10.3. The molecule has 19 heavy (non-hydrogen) atoms. The molecule has 0 aliphatic carbocycles. The summed E-state index contributed by atoms with van der Waals surface area (Å²) in [5.41, 5.74) is 2.95. The Bertz CT molecular complexity index is 822. The number of phenols is 1. The molecular weight excluding hydrogens is 240 g/mol. The maximum Gasteiger partial charge on any atom is 0.258 e. The van der Waals surface area contributed by atoms with Gasteiger partial charge in [0.15, 0.2) is 0 Å². The molecule has 0 aliphatic heterocycles. The minimum atomic E-state index is -0.254. The number of H-pyrrole nitrogens is 1. The normalized spacial score (nSPS) is 10.8. The highest BCUT2D eigenvalue weighted by molar-refractivity contribution is 5.89. The molecule has 4 heteroatoms. The highest BCUT2D eigenvalue weighted by Crippen LogP contribution is 2.30. The highest BCUT2D eigenvalue weighted by atomic mass is 16.3. The number of aryl methyl sites for hydroxylation is 1. The Morgan fingerprint density at radius 3 is 2.79 bits per heavy atom. The maximum atomic E-state index is 11.8. The standard InChI is InChI=1S/C15H12N2O2/c1-9-4-2-3-5-11(9)10-6-12-14(13(18)7-10)16-8-17-15(12)19/h2-8,18H,1H3,(H,16,17,19). The summed E-state index contributed by atoms with van der Waals surface area (Å²) in [5.74, 6) is 0.0156. The Kier molecular flexibility index (Phi) is 2.56. The molecule has 0 amide bonds. The summed E-state index contributed by atoms with van der Waals surface area (Å²) in [6.07, 6.45) is 1.29. The van der Waals surface area contributed by atoms with Gasteiger partial charge in [-0.3, -0.25) is 4.79 Å². The van der Waals surface area contributed by atoms with Crippen molar-refractivity contribution in [3.05, 3.63) is 58.6 Å². The zero-order chi connectivity index (χ0) is 13.4. The lowest BCUT2D eigenvalue weighted by atomic mass is 9.99. The molecule has 0 unspecified atom stereocenters. The summed E-state index contributed by atoms with van der Waals surface area (Å²) in [6.45, 7) is 1.99. The van der Waals surface area contributed by atoms with Crippen molar-refractivity contribution >= 4 is 10.9 Å². The molecule has 0 atom stereocenters. The van der Waals surface area contributed by atoms with Crippen LogP contribution in [0.4, 0.5) is 0 Å². The van der Waals surface area contributed by atoms with Crippen molar-refractivity contribution in [2.75, 3.05) is 0 Å². The van der Waals surface area contributed by atoms with Crippen LogP contribution in [0.25, 0.3) is 22.0 Å². The van der Waals surface area contributed by atoms with Gasteiger partial charge in [-0.05, 0) is 35.7 Å². The number of hydrogen-bond acceptors (Lipinski definition) is 3. The number of benzene rings is 2. The van der Waals surface area contributed by atoms with Crippen molar-refractivity contribution < 1.29 is 5.11 Å². The summed E-state index contributed by atoms with van der Waals surface area (Å²) in [4.78, 5) is 18.3. The van der Waals surface area contributed by atoms with E-state index in [1.54, 1.807) is 12.1 Å². The van der Waals surface area contributed by atoms with Gasteiger partial charge in [0.05, 0.1) is 11.7 Å². The van der Waals surface area contributed by atoms with Crippen LogP contribution in [0, 0.1) is 6.92 Å². The van der Waals surface area contributed by atoms with E-state index in [2.05, 4.69) is 9.97 Å². The van der Waals surface area contributed by atoms with Crippen LogP contribution in [0.1, 0.15) is 5.56 Å². The maximum absolute atomic E-state index is 11.8. The fraction of sp³-hybridized carbons (Fsp3) is 0.0667. The van der Waals surface area contributed by atoms with Gasteiger partial charge in [-0.2, -0.15) is 0 Å². The predicted octanol–water partition coefficient (Wildman–Crippen LogP) is 2.60. The molecule has 0 radical (unpaired) electrons. The van der Waals surface area contributed by atoms with Gasteiger partial charge in [0.1, 0.15) is 11.3 Å². The van der Waals surface area contributed by atoms with Gasteiger partial charge in [0.25, 0.3) is 5.56 Å². The van der Waals surface area contributed by atoms with Crippen LogP contribution in [-0.2, 0) is 0 Å². The first-order valence-corrected chi connectivity index (χ1v) is 5.93. The summed E-state index contributed by atoms with van der Waals surface area (Å²) in [7, 11) is 0. The summed E-state index contributed by atoms with van der Waals surface area (Å²) < 4.78 is 0. The van der Waals surface area contributed by atoms with Crippen LogP contribution in [0.15, 0.2) is 47.5 Å². The molecule has 0 saturated carbocycles. The number of rotatable bonds is 1. The Labute approximate surface area is 109 Å². The van der Waals surface area contributed by atoms with Crippen LogP contribution in [0.3, 0.4) is 0 Å². The second-order valence-corrected chi connectivity index (χ2v) is 4.44. The summed E-state index contributed by atoms with van der Waals surface area (Å²) >= 11 is 0. The van der Waals surface area contributed by atoms with E-state index in [4.69, 9.17) is 0 Å². The third-order valence-electron chi connectivity index (χ3n) is 3.18. The molecule has 0 spiro atoms. The molecule has 2 aromatic carbocycles. The van der Waals surface area contributed by atoms with Gasteiger partial charge in [-0.15, -0.1) is 0 Å². The highest BCUT2D eigenvalue weighted by Gasteiger charge is 2.09. The van der Waals surface area contributed by atoms with Crippen molar-refractivity contribution in [1.82, 2.24) is 9.97 Å². The molecule has 0 fully saturated rings. The average molecular weight is 252 g/mol. The second kappa shape index (κ2) is 4.24. The van der Waals surface area contributed by atoms with Crippen molar-refractivity contribution in [2.24, 2.45) is 0 Å². The Morgan fingerprint density at radius 1 is 1.21 bits per heavy atom. The van der Waals surface area contributed by atoms with Crippen molar-refractivity contribution in [3.8, 4) is 16.9 Å². The van der Waals surface area contributed by atoms with E-state index in [0.717, 1.165) is 16.7 Å². The number of nitrogens with zero attached hydrogens (tertiary/aromatic N) is 1. The van der Waals surface area contributed by atoms with Gasteiger partial charge < -0.3 is 10.1 Å². The SMILES string of the molecule is Cc1ccccc1-c1cc(O)c2nc[nH]c(=O)c2c1. The zero-order valence-electron chi connectivity index (χ0n) is 10.3. The van der Waals surface area contributed by atoms with Gasteiger partial charge in [-0.1, -0.05) is 24.3 Å². The lowest BCUT2D eigenvalue weighted by molar-refractivity contribution is 0.480. The Morgan fingerprint density at radius 2 is 2.00 bits per heavy atom. The Hall–Kier alpha value is -2.62. The Balaban J connectivity index is 2.36. The van der Waals surface area contributed by atoms with E-state index in [9.17, 15) is 9.90 Å². The molecule has 0 aliphatic rings. The minimum Gasteiger partial charge on any atom is -0.506 e. The molecule has 0 bridgehead atoms. The molecule has 4 nitrogen and oxygen atoms in total. The van der Waals surface area contributed by atoms with Crippen LogP contribution in [0.5, 0.6) is 5.75 Å². The van der Waals surface area contributed by atoms with Gasteiger partial charge in [0.2, 0.25) is 0 Å². The number of fused-ring (bicyclic) bond motifs is 1. The van der Waals surface area contributed by atoms with Gasteiger partial charge in [-0.25, -0.2) is 4.98 Å². The van der Waals surface area contributed by atoms with Crippen LogP contribution in [-0.4, -0.2) is 15.1 Å². The number of aromatic hydroxyl groups is 1. The van der Waals surface area contributed by atoms with Crippen LogP contribution < -0.4 is 5.56 Å². The van der Waals surface area contributed by atoms with Crippen molar-refractivity contribution in [1.29, 1.82) is 0 Å². The van der Waals surface area contributed by atoms with E-state index in [0.29, 0.717) is 10.9 Å². The van der Waals surface area contributed by atoms with E-state index >= 15 is 0 Å². The summed E-state index contributed by atoms with van der Waals surface area (Å²) in [5, 5.41) is 10.4. The molecular formula is C15H12N2O2. The van der Waals surface area contributed by atoms with Gasteiger partial charge >= 0.3 is 0 Å². The van der Waals surface area contributed by atoms with E-state index in [1.807, 2.05) is 31.2 Å². The van der Waals surface area contributed by atoms with E-state index in [1.165, 1.54) is 6.33 Å². The lowest BCUT2D eigenvalue weighted by Gasteiger charge is -2.08. The quantitative estimate of drug-likeness (QED) is 0.699. The number of phenolic OH excluding ortho intramolecular Hbond substituents is 1. The first-order valence-electron chi connectivity index (χ1n) is 5.93. The smallest absolute Gasteiger partial charge is 0.258 e. The average Bonchev–Trinajstić information content (AvgIpc) is 2.40. The molecule has 3 aromatic rings. The number of aromatic amines is 1. The van der Waals surface area contributed by atoms with Crippen molar-refractivity contribution in [3.63, 3.8) is 0 Å². The van der Waals surface area contributed by atoms with Crippen LogP contribution in [0.2, 0.25) is 0 Å². The van der Waals surface area contributed by atoms with Gasteiger partial charge in [0, 0.05) is 0 Å². The molecule has 94 valence electrons. The molecule has 0 saturated heterocycles. The monoisotopic (exact) mass is 252 g/mol. The lowest BCUT2D eigenvalue weighted by Crippen LogP contribution is -2.06. The second-order valence-electron chi connectivity index (χ2n) is 4.44. The number of nitrogens with one attached hydrogen (secondary N) is 1. The third kappa shape index (κ3) is 1.87. The van der Waals surface area contributed by atoms with Crippen molar-refractivity contribution in [2.45, 2.75) is 6.92 Å². The summed E-state index contributed by atoms with van der Waals surface area (Å²) in [6, 6.07) is 11.2. The van der Waals surface area contributed by atoms with E-state index in [-0.39, 0.29) is 11.3 Å². The first kappa shape index (κ1) is 11.5. The largest absolute Gasteiger partial charge is 0.506 e. The van der Waals surface area contributed by atoms with Crippen LogP contribution >= 0.6 is 0 Å². The predicted molar refractivity (Wildman–Crippen MR) is 74.2 cm³/mol. The molecule has 1 heterocycles. The number of aromatic nitrogens is 2. The first-order chi connectivity index (χ1) is 9.16. The molecule has 3 rings (SSSR count).